The predicted molar refractivity (Wildman–Crippen MR) is 100.0 cm³/mol. The van der Waals surface area contributed by atoms with Gasteiger partial charge in [-0.1, -0.05) is 35.4 Å². The molecule has 1 aliphatic heterocycles. The molecule has 0 aromatic heterocycles. The second kappa shape index (κ2) is 5.44. The minimum atomic E-state index is -1.92. The van der Waals surface area contributed by atoms with E-state index in [9.17, 15) is 18.4 Å². The lowest BCUT2D eigenvalue weighted by atomic mass is 9.37. The maximum absolute atomic E-state index is 15.3. The number of benzene rings is 2. The number of rotatable bonds is 0. The fourth-order valence-electron chi connectivity index (χ4n) is 6.79. The summed E-state index contributed by atoms with van der Waals surface area (Å²) in [4.78, 5) is 26.7. The fourth-order valence-corrected chi connectivity index (χ4v) is 6.79. The lowest BCUT2D eigenvalue weighted by molar-refractivity contribution is -0.156. The normalized spacial score (nSPS) is 32.5. The highest BCUT2D eigenvalue weighted by molar-refractivity contribution is 6.06. The smallest absolute Gasteiger partial charge is 0.322 e. The van der Waals surface area contributed by atoms with E-state index >= 15 is 8.78 Å². The van der Waals surface area contributed by atoms with Crippen LogP contribution in [0.3, 0.4) is 0 Å². The van der Waals surface area contributed by atoms with Gasteiger partial charge in [-0.15, -0.1) is 0 Å². The molecule has 2 aromatic carbocycles. The van der Waals surface area contributed by atoms with Crippen molar-refractivity contribution in [3.05, 3.63) is 80.9 Å². The Hall–Kier alpha value is -2.96. The molecule has 1 fully saturated rings. The summed E-state index contributed by atoms with van der Waals surface area (Å²) in [5, 5.41) is 0. The van der Waals surface area contributed by atoms with Gasteiger partial charge in [-0.3, -0.25) is 9.59 Å². The van der Waals surface area contributed by atoms with Gasteiger partial charge >= 0.3 is 11.9 Å². The molecule has 7 heteroatoms. The Morgan fingerprint density at radius 2 is 1.13 bits per heavy atom. The number of esters is 2. The zero-order valence-corrected chi connectivity index (χ0v) is 16.6. The van der Waals surface area contributed by atoms with E-state index in [4.69, 9.17) is 4.74 Å². The number of hydrogen-bond acceptors (Lipinski definition) is 3. The second-order valence-corrected chi connectivity index (χ2v) is 9.11. The quantitative estimate of drug-likeness (QED) is 0.148. The van der Waals surface area contributed by atoms with Crippen LogP contribution in [0.25, 0.3) is 0 Å². The highest BCUT2D eigenvalue weighted by Crippen LogP contribution is 2.77. The Bertz CT molecular complexity index is 1200. The molecule has 158 valence electrons. The Morgan fingerprint density at radius 3 is 1.52 bits per heavy atom. The highest BCUT2D eigenvalue weighted by Gasteiger charge is 2.80. The summed E-state index contributed by atoms with van der Waals surface area (Å²) in [6.07, 6.45) is 0.191. The largest absolute Gasteiger partial charge is 0.392 e. The molecule has 2 aromatic rings. The van der Waals surface area contributed by atoms with Crippen LogP contribution in [0.1, 0.15) is 60.8 Å². The van der Waals surface area contributed by atoms with E-state index < -0.39 is 57.9 Å². The standard InChI is InChI=1S/C24H16F4O3/c1-9-7-23-15-11-5-3-4-6-12(11)16(14-13(15)17(25)19(27)20(28)18(14)26)24(23,8-10(9)2)22(30)31-21(23)29/h3-6,15-16H,7-8H2,1-2H3/t15-,16+,23-,24+. The molecule has 0 radical (unpaired) electrons. The molecule has 3 nitrogen and oxygen atoms in total. The molecular weight excluding hydrogens is 412 g/mol. The number of halogens is 4. The molecule has 0 N–H and O–H groups in total. The Balaban J connectivity index is 1.85. The van der Waals surface area contributed by atoms with Crippen LogP contribution >= 0.6 is 0 Å². The number of hydrogen-bond donors (Lipinski definition) is 0. The van der Waals surface area contributed by atoms with Crippen LogP contribution in [-0.4, -0.2) is 11.9 Å². The zero-order valence-electron chi connectivity index (χ0n) is 16.6. The van der Waals surface area contributed by atoms with Crippen LogP contribution in [0.15, 0.2) is 35.4 Å². The van der Waals surface area contributed by atoms with Crippen LogP contribution in [0.4, 0.5) is 17.6 Å². The van der Waals surface area contributed by atoms with E-state index in [1.165, 1.54) is 0 Å². The zero-order chi connectivity index (χ0) is 22.0. The molecule has 4 atom stereocenters. The van der Waals surface area contributed by atoms with Crippen LogP contribution in [-0.2, 0) is 14.3 Å². The lowest BCUT2D eigenvalue weighted by Gasteiger charge is -2.60. The summed E-state index contributed by atoms with van der Waals surface area (Å²) in [7, 11) is 0. The molecule has 0 saturated carbocycles. The molecule has 31 heavy (non-hydrogen) atoms. The van der Waals surface area contributed by atoms with E-state index in [-0.39, 0.29) is 24.0 Å². The minimum absolute atomic E-state index is 0.0956. The van der Waals surface area contributed by atoms with E-state index in [0.29, 0.717) is 11.1 Å². The molecule has 4 aliphatic carbocycles. The van der Waals surface area contributed by atoms with Gasteiger partial charge in [0.15, 0.2) is 23.3 Å². The van der Waals surface area contributed by atoms with Crippen molar-refractivity contribution in [2.45, 2.75) is 38.5 Å². The van der Waals surface area contributed by atoms with Crippen molar-refractivity contribution in [2.24, 2.45) is 10.8 Å². The van der Waals surface area contributed by atoms with Gasteiger partial charge in [0.05, 0.1) is 0 Å². The number of ether oxygens (including phenoxy) is 1. The number of carbonyl (C=O) groups is 2. The molecular formula is C24H16F4O3. The van der Waals surface area contributed by atoms with E-state index in [1.54, 1.807) is 24.3 Å². The van der Waals surface area contributed by atoms with E-state index in [0.717, 1.165) is 11.1 Å². The molecule has 0 spiro atoms. The van der Waals surface area contributed by atoms with E-state index in [2.05, 4.69) is 0 Å². The van der Waals surface area contributed by atoms with Crippen LogP contribution in [0, 0.1) is 34.1 Å². The van der Waals surface area contributed by atoms with Crippen molar-refractivity contribution < 1.29 is 31.9 Å². The average molecular weight is 428 g/mol. The van der Waals surface area contributed by atoms with Crippen molar-refractivity contribution in [1.82, 2.24) is 0 Å². The van der Waals surface area contributed by atoms with Crippen molar-refractivity contribution in [1.29, 1.82) is 0 Å². The number of carbonyl (C=O) groups excluding carboxylic acids is 2. The topological polar surface area (TPSA) is 43.4 Å². The van der Waals surface area contributed by atoms with Gasteiger partial charge in [0.2, 0.25) is 0 Å². The van der Waals surface area contributed by atoms with Crippen LogP contribution < -0.4 is 0 Å². The average Bonchev–Trinajstić information content (AvgIpc) is 2.98. The first-order valence-corrected chi connectivity index (χ1v) is 10.0. The number of allylic oxidation sites excluding steroid dienone is 2. The Labute approximate surface area is 174 Å². The summed E-state index contributed by atoms with van der Waals surface area (Å²) in [5.74, 6) is -10.8. The third kappa shape index (κ3) is 1.73. The van der Waals surface area contributed by atoms with Crippen molar-refractivity contribution in [2.75, 3.05) is 0 Å². The third-order valence-electron chi connectivity index (χ3n) is 8.05. The molecule has 2 bridgehead atoms. The van der Waals surface area contributed by atoms with Gasteiger partial charge in [-0.05, 0) is 37.8 Å². The summed E-state index contributed by atoms with van der Waals surface area (Å²) in [6.45, 7) is 3.64. The monoisotopic (exact) mass is 428 g/mol. The van der Waals surface area contributed by atoms with Crippen LogP contribution in [0.2, 0.25) is 0 Å². The first-order chi connectivity index (χ1) is 14.7. The Morgan fingerprint density at radius 1 is 0.742 bits per heavy atom. The SMILES string of the molecule is CC1=C(C)C[C@]23C(=O)OC(=O)[C@@]2(C1)[C@@H]1c2ccccc2[C@H]3c2c(F)c(F)c(F)c(F)c21. The van der Waals surface area contributed by atoms with Crippen molar-refractivity contribution in [3.63, 3.8) is 0 Å². The van der Waals surface area contributed by atoms with Gasteiger partial charge in [-0.25, -0.2) is 17.6 Å². The maximum atomic E-state index is 15.3. The molecule has 1 heterocycles. The maximum Gasteiger partial charge on any atom is 0.322 e. The molecule has 0 amide bonds. The van der Waals surface area contributed by atoms with Gasteiger partial charge in [0, 0.05) is 23.0 Å². The van der Waals surface area contributed by atoms with Crippen molar-refractivity contribution >= 4 is 11.9 Å². The second-order valence-electron chi connectivity index (χ2n) is 9.11. The number of cyclic esters (lactones) is 2. The summed E-state index contributed by atoms with van der Waals surface area (Å²) < 4.78 is 64.4. The molecule has 5 aliphatic rings. The molecule has 1 saturated heterocycles. The highest BCUT2D eigenvalue weighted by atomic mass is 19.2. The van der Waals surface area contributed by atoms with Gasteiger partial charge < -0.3 is 4.74 Å². The van der Waals surface area contributed by atoms with E-state index in [1.807, 2.05) is 13.8 Å². The predicted octanol–water partition coefficient (Wildman–Crippen LogP) is 5.02. The fraction of sp³-hybridized carbons (Fsp3) is 0.333. The molecule has 0 unspecified atom stereocenters. The minimum Gasteiger partial charge on any atom is -0.392 e. The van der Waals surface area contributed by atoms with Gasteiger partial charge in [0.1, 0.15) is 10.8 Å². The summed E-state index contributed by atoms with van der Waals surface area (Å²) in [5.41, 5.74) is -1.13. The first kappa shape index (κ1) is 18.8. The van der Waals surface area contributed by atoms with Gasteiger partial charge in [0.25, 0.3) is 0 Å². The lowest BCUT2D eigenvalue weighted by Crippen LogP contribution is -2.61. The Kier molecular flexibility index (Phi) is 3.30. The van der Waals surface area contributed by atoms with Crippen LogP contribution in [0.5, 0.6) is 0 Å². The van der Waals surface area contributed by atoms with Crippen molar-refractivity contribution in [3.8, 4) is 0 Å². The third-order valence-corrected chi connectivity index (χ3v) is 8.05. The molecule has 7 rings (SSSR count). The first-order valence-electron chi connectivity index (χ1n) is 10.0. The van der Waals surface area contributed by atoms with Gasteiger partial charge in [-0.2, -0.15) is 0 Å². The summed E-state index contributed by atoms with van der Waals surface area (Å²) in [6, 6.07) is 6.71. The summed E-state index contributed by atoms with van der Waals surface area (Å²) >= 11 is 0.